The highest BCUT2D eigenvalue weighted by Gasteiger charge is 2.28. The second kappa shape index (κ2) is 9.43. The Morgan fingerprint density at radius 1 is 1.00 bits per heavy atom. The molecule has 2 amide bonds. The van der Waals surface area contributed by atoms with Gasteiger partial charge < -0.3 is 10.6 Å². The number of carbonyl (C=O) groups excluding carboxylic acids is 2. The normalized spacial score (nSPS) is 11.3. The van der Waals surface area contributed by atoms with Crippen LogP contribution in [0.15, 0.2) is 66.0 Å². The van der Waals surface area contributed by atoms with Gasteiger partial charge in [-0.15, -0.1) is 16.4 Å². The minimum absolute atomic E-state index is 0.0213. The van der Waals surface area contributed by atoms with Crippen molar-refractivity contribution in [2.45, 2.75) is 6.18 Å². The lowest BCUT2D eigenvalue weighted by atomic mass is 10.1. The molecule has 7 nitrogen and oxygen atoms in total. The maximum absolute atomic E-state index is 13.8. The number of rotatable bonds is 6. The summed E-state index contributed by atoms with van der Waals surface area (Å²) in [6.07, 6.45) is -4.58. The summed E-state index contributed by atoms with van der Waals surface area (Å²) in [5.41, 5.74) is 0.150. The zero-order valence-electron chi connectivity index (χ0n) is 17.1. The lowest BCUT2D eigenvalue weighted by Gasteiger charge is -2.11. The third-order valence-corrected chi connectivity index (χ3v) is 5.34. The molecule has 12 heteroatoms. The molecule has 0 aliphatic heterocycles. The molecule has 0 aliphatic carbocycles. The van der Waals surface area contributed by atoms with Gasteiger partial charge in [0.2, 0.25) is 5.82 Å². The summed E-state index contributed by atoms with van der Waals surface area (Å²) in [5.74, 6) is -2.30. The molecule has 34 heavy (non-hydrogen) atoms. The highest BCUT2D eigenvalue weighted by atomic mass is 32.1. The maximum Gasteiger partial charge on any atom is 0.405 e. The molecule has 2 aromatic carbocycles. The van der Waals surface area contributed by atoms with Crippen molar-refractivity contribution in [2.75, 3.05) is 11.9 Å². The maximum atomic E-state index is 13.8. The first kappa shape index (κ1) is 23.1. The molecular formula is C22H15F4N5O2S. The Morgan fingerprint density at radius 3 is 2.50 bits per heavy atom. The molecule has 174 valence electrons. The first-order valence-electron chi connectivity index (χ1n) is 9.73. The Morgan fingerprint density at radius 2 is 1.79 bits per heavy atom. The quantitative estimate of drug-likeness (QED) is 0.385. The van der Waals surface area contributed by atoms with Gasteiger partial charge in [-0.05, 0) is 41.8 Å². The number of hydrogen-bond acceptors (Lipinski definition) is 5. The molecule has 4 rings (SSSR count). The van der Waals surface area contributed by atoms with E-state index in [4.69, 9.17) is 0 Å². The van der Waals surface area contributed by atoms with E-state index in [0.29, 0.717) is 16.4 Å². The second-order valence-corrected chi connectivity index (χ2v) is 7.87. The molecule has 2 heterocycles. The number of thiophene rings is 1. The SMILES string of the molecule is O=C(Nc1ccccc1C(=O)NCC(F)(F)F)c1nc(-c2cccs2)n(-c2cccc(F)c2)n1. The number of nitrogens with one attached hydrogen (secondary N) is 2. The largest absolute Gasteiger partial charge is 0.405 e. The summed E-state index contributed by atoms with van der Waals surface area (Å²) in [4.78, 5) is 30.1. The minimum atomic E-state index is -4.58. The number of amides is 2. The lowest BCUT2D eigenvalue weighted by Crippen LogP contribution is -2.34. The van der Waals surface area contributed by atoms with Crippen LogP contribution in [0.4, 0.5) is 23.2 Å². The predicted molar refractivity (Wildman–Crippen MR) is 117 cm³/mol. The van der Waals surface area contributed by atoms with Crippen LogP contribution in [0, 0.1) is 5.82 Å². The van der Waals surface area contributed by atoms with Gasteiger partial charge in [0.05, 0.1) is 21.8 Å². The Balaban J connectivity index is 1.64. The van der Waals surface area contributed by atoms with Crippen molar-refractivity contribution in [3.05, 3.63) is 83.2 Å². The fourth-order valence-corrected chi connectivity index (χ4v) is 3.70. The van der Waals surface area contributed by atoms with Crippen molar-refractivity contribution in [1.29, 1.82) is 0 Å². The average Bonchev–Trinajstić information content (AvgIpc) is 3.47. The van der Waals surface area contributed by atoms with Crippen molar-refractivity contribution in [3.63, 3.8) is 0 Å². The van der Waals surface area contributed by atoms with Crippen molar-refractivity contribution in [1.82, 2.24) is 20.1 Å². The molecule has 0 radical (unpaired) electrons. The summed E-state index contributed by atoms with van der Waals surface area (Å²) in [7, 11) is 0. The standard InChI is InChI=1S/C22H15F4N5O2S/c23-13-5-3-6-14(11-13)31-19(17-9-4-10-34-17)29-18(30-31)21(33)28-16-8-2-1-7-15(16)20(32)27-12-22(24,25)26/h1-11H,12H2,(H,27,32)(H,28,33). The fraction of sp³-hybridized carbons (Fsp3) is 0.0909. The van der Waals surface area contributed by atoms with Crippen LogP contribution in [0.1, 0.15) is 21.0 Å². The Kier molecular flexibility index (Phi) is 6.41. The third-order valence-electron chi connectivity index (χ3n) is 4.47. The minimum Gasteiger partial charge on any atom is -0.343 e. The molecule has 0 unspecified atom stereocenters. The molecule has 0 fully saturated rings. The number of nitrogens with zero attached hydrogens (tertiary/aromatic N) is 3. The molecule has 0 bridgehead atoms. The lowest BCUT2D eigenvalue weighted by molar-refractivity contribution is -0.123. The van der Waals surface area contributed by atoms with Crippen LogP contribution >= 0.6 is 11.3 Å². The molecule has 0 atom stereocenters. The Bertz CT molecular complexity index is 1340. The molecule has 4 aromatic rings. The number of hydrogen-bond donors (Lipinski definition) is 2. The highest BCUT2D eigenvalue weighted by molar-refractivity contribution is 7.13. The monoisotopic (exact) mass is 489 g/mol. The molecule has 0 spiro atoms. The summed E-state index contributed by atoms with van der Waals surface area (Å²) in [6, 6.07) is 14.7. The molecule has 0 aliphatic rings. The van der Waals surface area contributed by atoms with E-state index >= 15 is 0 Å². The van der Waals surface area contributed by atoms with Crippen molar-refractivity contribution in [2.24, 2.45) is 0 Å². The van der Waals surface area contributed by atoms with Gasteiger partial charge in [0.25, 0.3) is 11.8 Å². The van der Waals surface area contributed by atoms with Gasteiger partial charge in [-0.2, -0.15) is 13.2 Å². The van der Waals surface area contributed by atoms with Crippen LogP contribution in [0.3, 0.4) is 0 Å². The first-order valence-corrected chi connectivity index (χ1v) is 10.6. The molecule has 0 saturated carbocycles. The zero-order valence-corrected chi connectivity index (χ0v) is 18.0. The molecule has 0 saturated heterocycles. The third kappa shape index (κ3) is 5.29. The topological polar surface area (TPSA) is 88.9 Å². The van der Waals surface area contributed by atoms with E-state index in [1.54, 1.807) is 28.9 Å². The van der Waals surface area contributed by atoms with Gasteiger partial charge in [-0.1, -0.05) is 24.3 Å². The number of aromatic nitrogens is 3. The predicted octanol–water partition coefficient (Wildman–Crippen LogP) is 4.68. The smallest absolute Gasteiger partial charge is 0.343 e. The highest BCUT2D eigenvalue weighted by Crippen LogP contribution is 2.26. The number of alkyl halides is 3. The van der Waals surface area contributed by atoms with Crippen LogP contribution < -0.4 is 10.6 Å². The number of benzene rings is 2. The molecule has 2 aromatic heterocycles. The fourth-order valence-electron chi connectivity index (χ4n) is 3.01. The Labute approximate surface area is 194 Å². The number of halogens is 4. The second-order valence-electron chi connectivity index (χ2n) is 6.93. The van der Waals surface area contributed by atoms with Gasteiger partial charge in [-0.3, -0.25) is 9.59 Å². The molecular weight excluding hydrogens is 474 g/mol. The summed E-state index contributed by atoms with van der Waals surface area (Å²) < 4.78 is 52.5. The van der Waals surface area contributed by atoms with E-state index in [1.165, 1.54) is 58.5 Å². The van der Waals surface area contributed by atoms with E-state index in [9.17, 15) is 27.2 Å². The summed E-state index contributed by atoms with van der Waals surface area (Å²) in [6.45, 7) is -1.52. The van der Waals surface area contributed by atoms with E-state index in [2.05, 4.69) is 15.4 Å². The van der Waals surface area contributed by atoms with Gasteiger partial charge in [0.1, 0.15) is 12.4 Å². The van der Waals surface area contributed by atoms with E-state index < -0.39 is 30.4 Å². The van der Waals surface area contributed by atoms with Gasteiger partial charge >= 0.3 is 6.18 Å². The number of carbonyl (C=O) groups is 2. The van der Waals surface area contributed by atoms with Gasteiger partial charge in [-0.25, -0.2) is 14.1 Å². The van der Waals surface area contributed by atoms with Crippen molar-refractivity contribution in [3.8, 4) is 16.4 Å². The van der Waals surface area contributed by atoms with E-state index in [0.717, 1.165) is 0 Å². The number of anilines is 1. The summed E-state index contributed by atoms with van der Waals surface area (Å²) >= 11 is 1.34. The van der Waals surface area contributed by atoms with Gasteiger partial charge in [0, 0.05) is 0 Å². The van der Waals surface area contributed by atoms with Crippen LogP contribution in [-0.2, 0) is 0 Å². The molecule has 2 N–H and O–H groups in total. The van der Waals surface area contributed by atoms with Crippen molar-refractivity contribution >= 4 is 28.8 Å². The average molecular weight is 489 g/mol. The van der Waals surface area contributed by atoms with E-state index in [1.807, 2.05) is 0 Å². The van der Waals surface area contributed by atoms with Crippen LogP contribution in [-0.4, -0.2) is 39.3 Å². The van der Waals surface area contributed by atoms with E-state index in [-0.39, 0.29) is 17.1 Å². The van der Waals surface area contributed by atoms with Crippen molar-refractivity contribution < 1.29 is 27.2 Å². The van der Waals surface area contributed by atoms with Gasteiger partial charge in [0.15, 0.2) is 5.82 Å². The summed E-state index contributed by atoms with van der Waals surface area (Å²) in [5, 5.41) is 10.2. The first-order chi connectivity index (χ1) is 16.2. The van der Waals surface area contributed by atoms with Crippen LogP contribution in [0.2, 0.25) is 0 Å². The van der Waals surface area contributed by atoms with Crippen LogP contribution in [0.5, 0.6) is 0 Å². The zero-order chi connectivity index (χ0) is 24.3. The van der Waals surface area contributed by atoms with Crippen LogP contribution in [0.25, 0.3) is 16.4 Å². The Hall–Kier alpha value is -4.06. The number of para-hydroxylation sites is 1.